The molecule has 0 radical (unpaired) electrons. The van der Waals surface area contributed by atoms with Crippen LogP contribution in [0.25, 0.3) is 0 Å². The number of nitrogens with zero attached hydrogens (tertiary/aromatic N) is 2. The van der Waals surface area contributed by atoms with Gasteiger partial charge in [0.05, 0.1) is 19.3 Å². The van der Waals surface area contributed by atoms with Crippen LogP contribution < -0.4 is 15.4 Å². The standard InChI is InChI=1S/C23H24FN3O4/c1-3-4-12-27(14-16-8-10-17(24)11-9-16)15-20(21(25)28)22(29)26(23(27)30)18-6-5-7-19(13-18)31-2/h5-11,13,15H,3-4,12,14H2,1-2H3,(H-,25,28)/p+1. The van der Waals surface area contributed by atoms with E-state index in [1.54, 1.807) is 36.4 Å². The fraction of sp³-hybridized carbons (Fsp3) is 0.261. The Balaban J connectivity index is 2.16. The largest absolute Gasteiger partial charge is 0.497 e. The molecule has 0 saturated heterocycles. The highest BCUT2D eigenvalue weighted by molar-refractivity contribution is 6.30. The van der Waals surface area contributed by atoms with Crippen LogP contribution in [-0.4, -0.2) is 36.0 Å². The Morgan fingerprint density at radius 1 is 1.16 bits per heavy atom. The van der Waals surface area contributed by atoms with E-state index in [1.807, 2.05) is 6.92 Å². The average molecular weight is 426 g/mol. The zero-order valence-corrected chi connectivity index (χ0v) is 17.5. The van der Waals surface area contributed by atoms with Crippen LogP contribution in [0.15, 0.2) is 60.3 Å². The van der Waals surface area contributed by atoms with E-state index in [4.69, 9.17) is 10.5 Å². The summed E-state index contributed by atoms with van der Waals surface area (Å²) in [6.07, 6.45) is 2.81. The number of amides is 4. The molecule has 0 saturated carbocycles. The Hall–Kier alpha value is -3.52. The number of rotatable bonds is 8. The van der Waals surface area contributed by atoms with Crippen LogP contribution in [0.3, 0.4) is 0 Å². The van der Waals surface area contributed by atoms with Gasteiger partial charge in [-0.1, -0.05) is 31.5 Å². The first-order valence-electron chi connectivity index (χ1n) is 9.98. The van der Waals surface area contributed by atoms with Crippen molar-refractivity contribution >= 4 is 23.5 Å². The summed E-state index contributed by atoms with van der Waals surface area (Å²) in [5.74, 6) is -1.63. The van der Waals surface area contributed by atoms with E-state index in [0.29, 0.717) is 24.3 Å². The molecule has 1 aliphatic heterocycles. The maximum atomic E-state index is 13.8. The van der Waals surface area contributed by atoms with E-state index in [0.717, 1.165) is 11.3 Å². The predicted molar refractivity (Wildman–Crippen MR) is 113 cm³/mol. The van der Waals surface area contributed by atoms with Crippen LogP contribution in [0.2, 0.25) is 0 Å². The number of hydrogen-bond acceptors (Lipinski definition) is 4. The number of methoxy groups -OCH3 is 1. The van der Waals surface area contributed by atoms with Crippen molar-refractivity contribution in [1.29, 1.82) is 0 Å². The second-order valence-electron chi connectivity index (χ2n) is 7.43. The van der Waals surface area contributed by atoms with Crippen LogP contribution in [0.1, 0.15) is 25.3 Å². The quantitative estimate of drug-likeness (QED) is 0.517. The van der Waals surface area contributed by atoms with Crippen LogP contribution in [0.4, 0.5) is 14.9 Å². The van der Waals surface area contributed by atoms with Crippen LogP contribution >= 0.6 is 0 Å². The fourth-order valence-corrected chi connectivity index (χ4v) is 3.62. The maximum Gasteiger partial charge on any atom is 0.435 e. The molecule has 0 bridgehead atoms. The molecule has 2 aromatic rings. The van der Waals surface area contributed by atoms with E-state index in [9.17, 15) is 18.8 Å². The van der Waals surface area contributed by atoms with Crippen LogP contribution in [0.5, 0.6) is 5.75 Å². The van der Waals surface area contributed by atoms with Gasteiger partial charge in [-0.2, -0.15) is 4.90 Å². The van der Waals surface area contributed by atoms with Crippen molar-refractivity contribution in [2.75, 3.05) is 18.6 Å². The van der Waals surface area contributed by atoms with Crippen molar-refractivity contribution in [3.8, 4) is 5.75 Å². The molecule has 0 aromatic heterocycles. The highest BCUT2D eigenvalue weighted by Crippen LogP contribution is 2.32. The number of halogens is 1. The number of primary amides is 1. The number of carbonyl (C=O) groups excluding carboxylic acids is 3. The van der Waals surface area contributed by atoms with Gasteiger partial charge >= 0.3 is 6.03 Å². The lowest BCUT2D eigenvalue weighted by atomic mass is 10.1. The fourth-order valence-electron chi connectivity index (χ4n) is 3.62. The highest BCUT2D eigenvalue weighted by atomic mass is 19.1. The van der Waals surface area contributed by atoms with Gasteiger partial charge in [-0.05, 0) is 30.7 Å². The third-order valence-corrected chi connectivity index (χ3v) is 5.25. The van der Waals surface area contributed by atoms with Crippen molar-refractivity contribution in [2.45, 2.75) is 26.3 Å². The van der Waals surface area contributed by atoms with Crippen LogP contribution in [0, 0.1) is 5.82 Å². The third kappa shape index (κ3) is 4.49. The molecule has 1 unspecified atom stereocenters. The molecule has 0 fully saturated rings. The van der Waals surface area contributed by atoms with E-state index in [-0.39, 0.29) is 22.3 Å². The van der Waals surface area contributed by atoms with E-state index in [2.05, 4.69) is 0 Å². The lowest BCUT2D eigenvalue weighted by molar-refractivity contribution is -0.812. The van der Waals surface area contributed by atoms with Crippen molar-refractivity contribution in [3.63, 3.8) is 0 Å². The SMILES string of the molecule is CCCC[N+]1(Cc2ccc(F)cc2)C=C(C(N)=O)C(=O)N(c2cccc(OC)c2)C1=O. The summed E-state index contributed by atoms with van der Waals surface area (Å²) in [4.78, 5) is 40.0. The van der Waals surface area contributed by atoms with E-state index in [1.165, 1.54) is 25.4 Å². The van der Waals surface area contributed by atoms with E-state index < -0.39 is 23.7 Å². The lowest BCUT2D eigenvalue weighted by Gasteiger charge is -2.39. The first kappa shape index (κ1) is 22.2. The number of benzene rings is 2. The normalized spacial score (nSPS) is 18.7. The summed E-state index contributed by atoms with van der Waals surface area (Å²) in [7, 11) is 1.48. The number of imide groups is 1. The van der Waals surface area contributed by atoms with Crippen molar-refractivity contribution in [3.05, 3.63) is 71.7 Å². The molecule has 162 valence electrons. The molecular formula is C23H25FN3O4+. The van der Waals surface area contributed by atoms with Gasteiger partial charge in [0, 0.05) is 11.6 Å². The molecular weight excluding hydrogens is 401 g/mol. The van der Waals surface area contributed by atoms with Crippen LogP contribution in [-0.2, 0) is 16.1 Å². The summed E-state index contributed by atoms with van der Waals surface area (Å²) in [5, 5.41) is 0. The highest BCUT2D eigenvalue weighted by Gasteiger charge is 2.49. The summed E-state index contributed by atoms with van der Waals surface area (Å²) in [5.41, 5.74) is 6.21. The number of carbonyl (C=O) groups is 3. The second-order valence-corrected chi connectivity index (χ2v) is 7.43. The number of ether oxygens (including phenoxy) is 1. The van der Waals surface area contributed by atoms with Gasteiger partial charge in [-0.15, -0.1) is 0 Å². The van der Waals surface area contributed by atoms with Gasteiger partial charge in [0.25, 0.3) is 11.8 Å². The van der Waals surface area contributed by atoms with Crippen molar-refractivity contribution in [1.82, 2.24) is 0 Å². The Morgan fingerprint density at radius 2 is 1.87 bits per heavy atom. The molecule has 7 nitrogen and oxygen atoms in total. The number of nitrogens with two attached hydrogens (primary N) is 1. The predicted octanol–water partition coefficient (Wildman–Crippen LogP) is 3.49. The van der Waals surface area contributed by atoms with Crippen molar-refractivity contribution in [2.24, 2.45) is 5.73 Å². The van der Waals surface area contributed by atoms with Crippen molar-refractivity contribution < 1.29 is 28.0 Å². The zero-order valence-electron chi connectivity index (χ0n) is 17.5. The maximum absolute atomic E-state index is 13.8. The molecule has 0 spiro atoms. The van der Waals surface area contributed by atoms with Gasteiger partial charge in [-0.25, -0.2) is 13.7 Å². The summed E-state index contributed by atoms with van der Waals surface area (Å²) in [6, 6.07) is 11.7. The number of quaternary nitrogens is 1. The number of hydrogen-bond donors (Lipinski definition) is 1. The molecule has 1 atom stereocenters. The Bertz CT molecular complexity index is 1040. The number of anilines is 1. The summed E-state index contributed by atoms with van der Waals surface area (Å²) >= 11 is 0. The summed E-state index contributed by atoms with van der Waals surface area (Å²) in [6.45, 7) is 2.47. The second kappa shape index (κ2) is 9.09. The third-order valence-electron chi connectivity index (χ3n) is 5.25. The van der Waals surface area contributed by atoms with Gasteiger partial charge in [-0.3, -0.25) is 9.59 Å². The minimum absolute atomic E-state index is 0.143. The molecule has 8 heteroatoms. The molecule has 1 heterocycles. The molecule has 1 aliphatic rings. The molecule has 31 heavy (non-hydrogen) atoms. The molecule has 2 aromatic carbocycles. The lowest BCUT2D eigenvalue weighted by Crippen LogP contribution is -2.61. The molecule has 0 aliphatic carbocycles. The molecule has 4 amide bonds. The average Bonchev–Trinajstić information content (AvgIpc) is 2.76. The van der Waals surface area contributed by atoms with Gasteiger partial charge in [0.1, 0.15) is 24.3 Å². The van der Waals surface area contributed by atoms with Gasteiger partial charge in [0.2, 0.25) is 0 Å². The molecule has 3 rings (SSSR count). The first-order valence-corrected chi connectivity index (χ1v) is 9.98. The van der Waals surface area contributed by atoms with Gasteiger partial charge in [0.15, 0.2) is 5.57 Å². The summed E-state index contributed by atoms with van der Waals surface area (Å²) < 4.78 is 18.3. The topological polar surface area (TPSA) is 89.7 Å². The van der Waals surface area contributed by atoms with E-state index >= 15 is 0 Å². The first-order chi connectivity index (χ1) is 14.8. The smallest absolute Gasteiger partial charge is 0.435 e. The number of urea groups is 1. The zero-order chi connectivity index (χ0) is 22.6. The minimum atomic E-state index is -0.913. The minimum Gasteiger partial charge on any atom is -0.497 e. The number of unbranched alkanes of at least 4 members (excludes halogenated alkanes) is 1. The Labute approximate surface area is 180 Å². The monoisotopic (exact) mass is 426 g/mol. The molecule has 2 N–H and O–H groups in total. The van der Waals surface area contributed by atoms with Gasteiger partial charge < -0.3 is 10.5 Å². The Kier molecular flexibility index (Phi) is 6.50. The Morgan fingerprint density at radius 3 is 2.48 bits per heavy atom.